The Morgan fingerprint density at radius 2 is 2.17 bits per heavy atom. The Balaban J connectivity index is 1.53. The number of fused-ring (bicyclic) bond motifs is 1. The monoisotopic (exact) mass is 320 g/mol. The highest BCUT2D eigenvalue weighted by Crippen LogP contribution is 2.25. The molecule has 3 rings (SSSR count). The predicted octanol–water partition coefficient (Wildman–Crippen LogP) is 0.502. The van der Waals surface area contributed by atoms with E-state index in [0.29, 0.717) is 12.1 Å². The Kier molecular flexibility index (Phi) is 5.04. The molecule has 1 aromatic rings. The number of rotatable bonds is 5. The minimum Gasteiger partial charge on any atom is -0.375 e. The van der Waals surface area contributed by atoms with E-state index in [-0.39, 0.29) is 5.91 Å². The number of hydrogen-bond acceptors (Lipinski definition) is 4. The maximum absolute atomic E-state index is 12.6. The summed E-state index contributed by atoms with van der Waals surface area (Å²) in [5.41, 5.74) is 0.773. The molecule has 0 radical (unpaired) electrons. The van der Waals surface area contributed by atoms with Crippen LogP contribution in [0.25, 0.3) is 0 Å². The van der Waals surface area contributed by atoms with E-state index in [1.165, 1.54) is 0 Å². The molecule has 2 atom stereocenters. The number of ether oxygens (including phenoxy) is 1. The van der Waals surface area contributed by atoms with Crippen molar-refractivity contribution < 1.29 is 9.53 Å². The molecule has 0 aromatic carbocycles. The number of carbonyl (C=O) groups excluding carboxylic acids is 1. The molecule has 2 fully saturated rings. The lowest BCUT2D eigenvalue weighted by atomic mass is 10.1. The average molecular weight is 320 g/mol. The zero-order valence-electron chi connectivity index (χ0n) is 14.4. The van der Waals surface area contributed by atoms with Crippen LogP contribution in [0.1, 0.15) is 16.9 Å². The van der Waals surface area contributed by atoms with Crippen molar-refractivity contribution in [3.05, 3.63) is 24.0 Å². The number of likely N-dealkylation sites (N-methyl/N-ethyl adjacent to an activating group) is 1. The van der Waals surface area contributed by atoms with Crippen molar-refractivity contribution in [2.45, 2.75) is 18.6 Å². The summed E-state index contributed by atoms with van der Waals surface area (Å²) in [4.78, 5) is 19.3. The molecule has 23 heavy (non-hydrogen) atoms. The predicted molar refractivity (Wildman–Crippen MR) is 89.6 cm³/mol. The van der Waals surface area contributed by atoms with Gasteiger partial charge >= 0.3 is 0 Å². The Morgan fingerprint density at radius 1 is 1.35 bits per heavy atom. The van der Waals surface area contributed by atoms with Crippen LogP contribution in [0.15, 0.2) is 18.3 Å². The maximum atomic E-state index is 12.6. The third-order valence-electron chi connectivity index (χ3n) is 4.92. The number of piperazine rings is 1. The summed E-state index contributed by atoms with van der Waals surface area (Å²) in [7, 11) is 6.05. The fourth-order valence-corrected chi connectivity index (χ4v) is 3.55. The molecule has 0 aliphatic carbocycles. The van der Waals surface area contributed by atoms with Crippen LogP contribution in [0, 0.1) is 0 Å². The molecular formula is C17H28N4O2. The van der Waals surface area contributed by atoms with Gasteiger partial charge in [0.05, 0.1) is 12.7 Å². The van der Waals surface area contributed by atoms with Gasteiger partial charge in [0.15, 0.2) is 0 Å². The van der Waals surface area contributed by atoms with E-state index in [9.17, 15) is 4.79 Å². The first-order valence-electron chi connectivity index (χ1n) is 8.45. The van der Waals surface area contributed by atoms with E-state index < -0.39 is 0 Å². The Labute approximate surface area is 138 Å². The molecule has 0 bridgehead atoms. The van der Waals surface area contributed by atoms with E-state index in [1.807, 2.05) is 34.8 Å². The van der Waals surface area contributed by atoms with Crippen LogP contribution in [-0.2, 0) is 11.8 Å². The Hall–Kier alpha value is -1.37. The van der Waals surface area contributed by atoms with E-state index in [4.69, 9.17) is 4.74 Å². The van der Waals surface area contributed by atoms with E-state index in [2.05, 4.69) is 23.9 Å². The third-order valence-corrected chi connectivity index (χ3v) is 4.92. The van der Waals surface area contributed by atoms with Crippen LogP contribution < -0.4 is 0 Å². The number of aryl methyl sites for hydroxylation is 1. The first kappa shape index (κ1) is 16.5. The minimum absolute atomic E-state index is 0.147. The van der Waals surface area contributed by atoms with Crippen LogP contribution in [0.4, 0.5) is 0 Å². The number of nitrogens with zero attached hydrogens (tertiary/aromatic N) is 4. The van der Waals surface area contributed by atoms with Crippen LogP contribution in [0.5, 0.6) is 0 Å². The van der Waals surface area contributed by atoms with Crippen LogP contribution in [0.2, 0.25) is 0 Å². The van der Waals surface area contributed by atoms with E-state index >= 15 is 0 Å². The second kappa shape index (κ2) is 7.03. The Bertz CT molecular complexity index is 542. The molecule has 1 aromatic heterocycles. The molecule has 6 heteroatoms. The number of carbonyl (C=O) groups is 1. The molecule has 0 N–H and O–H groups in total. The smallest absolute Gasteiger partial charge is 0.270 e. The highest BCUT2D eigenvalue weighted by Gasteiger charge is 2.38. The Morgan fingerprint density at radius 3 is 2.87 bits per heavy atom. The summed E-state index contributed by atoms with van der Waals surface area (Å²) in [6.07, 6.45) is 3.27. The first-order chi connectivity index (χ1) is 11.0. The lowest BCUT2D eigenvalue weighted by molar-refractivity contribution is 0.0477. The summed E-state index contributed by atoms with van der Waals surface area (Å²) in [5, 5.41) is 0. The number of hydrogen-bond donors (Lipinski definition) is 0. The van der Waals surface area contributed by atoms with Crippen molar-refractivity contribution in [1.29, 1.82) is 0 Å². The van der Waals surface area contributed by atoms with Gasteiger partial charge in [0.2, 0.25) is 0 Å². The SMILES string of the molecule is CN(C)CCO[C@@H]1C[C@H]2CN(C(=O)c3cccn3C)CCN2C1. The van der Waals surface area contributed by atoms with E-state index in [0.717, 1.165) is 51.4 Å². The fourth-order valence-electron chi connectivity index (χ4n) is 3.55. The second-order valence-corrected chi connectivity index (χ2v) is 6.94. The van der Waals surface area contributed by atoms with Gasteiger partial charge in [-0.1, -0.05) is 0 Å². The van der Waals surface area contributed by atoms with Crippen molar-refractivity contribution in [3.63, 3.8) is 0 Å². The zero-order chi connectivity index (χ0) is 16.4. The average Bonchev–Trinajstić information content (AvgIpc) is 3.10. The van der Waals surface area contributed by atoms with Gasteiger partial charge in [0.1, 0.15) is 5.69 Å². The van der Waals surface area contributed by atoms with Crippen molar-refractivity contribution in [1.82, 2.24) is 19.3 Å². The second-order valence-electron chi connectivity index (χ2n) is 6.94. The molecule has 0 unspecified atom stereocenters. The van der Waals surface area contributed by atoms with Gasteiger partial charge in [-0.2, -0.15) is 0 Å². The molecule has 128 valence electrons. The van der Waals surface area contributed by atoms with Gasteiger partial charge in [-0.15, -0.1) is 0 Å². The van der Waals surface area contributed by atoms with Crippen molar-refractivity contribution in [2.24, 2.45) is 7.05 Å². The summed E-state index contributed by atoms with van der Waals surface area (Å²) < 4.78 is 7.90. The molecule has 2 aliphatic heterocycles. The standard InChI is InChI=1S/C17H28N4O2/c1-18(2)9-10-23-15-11-14-12-21(8-7-20(14)13-15)17(22)16-5-4-6-19(16)3/h4-6,14-15H,7-13H2,1-3H3/t14-,15+/m0/s1. The van der Waals surface area contributed by atoms with Gasteiger partial charge in [-0.25, -0.2) is 0 Å². The van der Waals surface area contributed by atoms with Gasteiger partial charge in [-0.05, 0) is 32.6 Å². The molecule has 2 saturated heterocycles. The first-order valence-corrected chi connectivity index (χ1v) is 8.45. The minimum atomic E-state index is 0.147. The highest BCUT2D eigenvalue weighted by atomic mass is 16.5. The van der Waals surface area contributed by atoms with Crippen LogP contribution >= 0.6 is 0 Å². The lowest BCUT2D eigenvalue weighted by Gasteiger charge is -2.37. The summed E-state index contributed by atoms with van der Waals surface area (Å²) in [6, 6.07) is 4.27. The van der Waals surface area contributed by atoms with Crippen molar-refractivity contribution in [3.8, 4) is 0 Å². The van der Waals surface area contributed by atoms with Gasteiger partial charge in [0, 0.05) is 52.0 Å². The topological polar surface area (TPSA) is 41.0 Å². The molecular weight excluding hydrogens is 292 g/mol. The molecule has 3 heterocycles. The maximum Gasteiger partial charge on any atom is 0.270 e. The zero-order valence-corrected chi connectivity index (χ0v) is 14.4. The molecule has 0 saturated carbocycles. The quantitative estimate of drug-likeness (QED) is 0.792. The molecule has 0 spiro atoms. The van der Waals surface area contributed by atoms with Gasteiger partial charge in [0.25, 0.3) is 5.91 Å². The van der Waals surface area contributed by atoms with Gasteiger partial charge < -0.3 is 19.1 Å². The van der Waals surface area contributed by atoms with Crippen LogP contribution in [0.3, 0.4) is 0 Å². The number of aromatic nitrogens is 1. The summed E-state index contributed by atoms with van der Waals surface area (Å²) in [5.74, 6) is 0.147. The van der Waals surface area contributed by atoms with Crippen molar-refractivity contribution in [2.75, 3.05) is 53.4 Å². The van der Waals surface area contributed by atoms with Gasteiger partial charge in [-0.3, -0.25) is 9.69 Å². The largest absolute Gasteiger partial charge is 0.375 e. The summed E-state index contributed by atoms with van der Waals surface area (Å²) in [6.45, 7) is 5.32. The van der Waals surface area contributed by atoms with Crippen molar-refractivity contribution >= 4 is 5.91 Å². The summed E-state index contributed by atoms with van der Waals surface area (Å²) >= 11 is 0. The van der Waals surface area contributed by atoms with E-state index in [1.54, 1.807) is 0 Å². The molecule has 2 aliphatic rings. The lowest BCUT2D eigenvalue weighted by Crippen LogP contribution is -2.52. The third kappa shape index (κ3) is 3.76. The highest BCUT2D eigenvalue weighted by molar-refractivity contribution is 5.92. The van der Waals surface area contributed by atoms with Crippen LogP contribution in [-0.4, -0.2) is 90.7 Å². The fraction of sp³-hybridized carbons (Fsp3) is 0.706. The number of amides is 1. The molecule has 6 nitrogen and oxygen atoms in total. The normalized spacial score (nSPS) is 25.1. The molecule has 1 amide bonds.